The van der Waals surface area contributed by atoms with Gasteiger partial charge in [-0.15, -0.1) is 0 Å². The molecule has 3 rings (SSSR count). The molecule has 0 radical (unpaired) electrons. The monoisotopic (exact) mass is 325 g/mol. The highest BCUT2D eigenvalue weighted by molar-refractivity contribution is 5.89. The number of carbonyl (C=O) groups is 1. The number of nitrogens with zero attached hydrogens (tertiary/aromatic N) is 4. The smallest absolute Gasteiger partial charge is 0.321 e. The average molecular weight is 325 g/mol. The van der Waals surface area contributed by atoms with Crippen LogP contribution in [0.25, 0.3) is 0 Å². The molecule has 1 aliphatic heterocycles. The summed E-state index contributed by atoms with van der Waals surface area (Å²) in [4.78, 5) is 24.6. The minimum absolute atomic E-state index is 0.0413. The fourth-order valence-corrected chi connectivity index (χ4v) is 3.11. The first-order chi connectivity index (χ1) is 11.7. The van der Waals surface area contributed by atoms with Crippen LogP contribution in [0, 0.1) is 5.92 Å². The molecule has 2 aromatic heterocycles. The Morgan fingerprint density at radius 2 is 2.08 bits per heavy atom. The van der Waals surface area contributed by atoms with Gasteiger partial charge in [0, 0.05) is 44.8 Å². The Bertz CT molecular complexity index is 649. The van der Waals surface area contributed by atoms with Crippen molar-refractivity contribution >= 4 is 11.7 Å². The number of hydrogen-bond donors (Lipinski definition) is 1. The summed E-state index contributed by atoms with van der Waals surface area (Å²) in [5.41, 5.74) is 1.95. The second kappa shape index (κ2) is 7.88. The van der Waals surface area contributed by atoms with Crippen LogP contribution in [-0.2, 0) is 6.54 Å². The summed E-state index contributed by atoms with van der Waals surface area (Å²) in [7, 11) is 2.12. The van der Waals surface area contributed by atoms with Gasteiger partial charge in [-0.2, -0.15) is 0 Å². The molecular formula is C18H23N5O. The number of likely N-dealkylation sites (tertiary alicyclic amines) is 1. The molecule has 2 amide bonds. The van der Waals surface area contributed by atoms with Crippen molar-refractivity contribution in [1.82, 2.24) is 19.8 Å². The standard InChI is InChI=1S/C18H23N5O/c1-22(12-15-4-2-7-19-10-15)13-16-6-9-23(14-16)18(24)21-17-5-3-8-20-11-17/h2-5,7-8,10-11,16H,6,9,12-14H2,1H3,(H,21,24). The highest BCUT2D eigenvalue weighted by atomic mass is 16.2. The molecule has 1 aliphatic rings. The third kappa shape index (κ3) is 4.52. The number of carbonyl (C=O) groups excluding carboxylic acids is 1. The van der Waals surface area contributed by atoms with Gasteiger partial charge >= 0.3 is 6.03 Å². The minimum atomic E-state index is -0.0413. The summed E-state index contributed by atoms with van der Waals surface area (Å²) in [6.07, 6.45) is 8.09. The molecule has 2 aromatic rings. The molecular weight excluding hydrogens is 302 g/mol. The average Bonchev–Trinajstić information content (AvgIpc) is 3.05. The second-order valence-corrected chi connectivity index (χ2v) is 6.33. The topological polar surface area (TPSA) is 61.4 Å². The lowest BCUT2D eigenvalue weighted by Crippen LogP contribution is -2.34. The number of amides is 2. The predicted molar refractivity (Wildman–Crippen MR) is 93.5 cm³/mol. The zero-order chi connectivity index (χ0) is 16.8. The van der Waals surface area contributed by atoms with Gasteiger partial charge in [0.2, 0.25) is 0 Å². The summed E-state index contributed by atoms with van der Waals surface area (Å²) >= 11 is 0. The normalized spacial score (nSPS) is 17.2. The van der Waals surface area contributed by atoms with Crippen LogP contribution in [0.5, 0.6) is 0 Å². The van der Waals surface area contributed by atoms with Crippen molar-refractivity contribution in [2.75, 3.05) is 32.0 Å². The van der Waals surface area contributed by atoms with E-state index in [1.807, 2.05) is 29.3 Å². The quantitative estimate of drug-likeness (QED) is 0.917. The summed E-state index contributed by atoms with van der Waals surface area (Å²) in [5.74, 6) is 0.506. The molecule has 0 spiro atoms. The van der Waals surface area contributed by atoms with E-state index in [2.05, 4.69) is 33.3 Å². The number of pyridine rings is 2. The Labute approximate surface area is 142 Å². The number of aromatic nitrogens is 2. The molecule has 6 heteroatoms. The van der Waals surface area contributed by atoms with E-state index in [1.54, 1.807) is 18.6 Å². The fourth-order valence-electron chi connectivity index (χ4n) is 3.11. The van der Waals surface area contributed by atoms with Gasteiger partial charge < -0.3 is 15.1 Å². The third-order valence-electron chi connectivity index (χ3n) is 4.23. The molecule has 1 fully saturated rings. The van der Waals surface area contributed by atoms with E-state index >= 15 is 0 Å². The molecule has 1 N–H and O–H groups in total. The lowest BCUT2D eigenvalue weighted by atomic mass is 10.1. The maximum absolute atomic E-state index is 12.3. The van der Waals surface area contributed by atoms with E-state index in [9.17, 15) is 4.79 Å². The van der Waals surface area contributed by atoms with Crippen molar-refractivity contribution in [3.05, 3.63) is 54.6 Å². The maximum atomic E-state index is 12.3. The SMILES string of the molecule is CN(Cc1cccnc1)CC1CCN(C(=O)Nc2cccnc2)C1. The first-order valence-corrected chi connectivity index (χ1v) is 8.24. The van der Waals surface area contributed by atoms with Crippen LogP contribution in [-0.4, -0.2) is 52.5 Å². The van der Waals surface area contributed by atoms with Gasteiger partial charge in [-0.1, -0.05) is 6.07 Å². The van der Waals surface area contributed by atoms with Gasteiger partial charge in [-0.05, 0) is 43.1 Å². The van der Waals surface area contributed by atoms with Crippen molar-refractivity contribution in [1.29, 1.82) is 0 Å². The van der Waals surface area contributed by atoms with Crippen molar-refractivity contribution in [3.8, 4) is 0 Å². The molecule has 0 bridgehead atoms. The zero-order valence-electron chi connectivity index (χ0n) is 13.9. The molecule has 0 saturated carbocycles. The molecule has 24 heavy (non-hydrogen) atoms. The Kier molecular flexibility index (Phi) is 5.38. The van der Waals surface area contributed by atoms with Gasteiger partial charge in [0.15, 0.2) is 0 Å². The fraction of sp³-hybridized carbons (Fsp3) is 0.389. The van der Waals surface area contributed by atoms with E-state index < -0.39 is 0 Å². The Hall–Kier alpha value is -2.47. The molecule has 1 unspecified atom stereocenters. The Morgan fingerprint density at radius 1 is 1.29 bits per heavy atom. The van der Waals surface area contributed by atoms with Gasteiger partial charge in [-0.25, -0.2) is 4.79 Å². The zero-order valence-corrected chi connectivity index (χ0v) is 13.9. The first-order valence-electron chi connectivity index (χ1n) is 8.24. The Morgan fingerprint density at radius 3 is 2.79 bits per heavy atom. The number of rotatable bonds is 5. The number of urea groups is 1. The summed E-state index contributed by atoms with van der Waals surface area (Å²) in [6, 6.07) is 7.67. The largest absolute Gasteiger partial charge is 0.324 e. The summed E-state index contributed by atoms with van der Waals surface area (Å²) in [5, 5.41) is 2.90. The van der Waals surface area contributed by atoms with E-state index in [0.717, 1.165) is 38.3 Å². The van der Waals surface area contributed by atoms with E-state index in [-0.39, 0.29) is 6.03 Å². The first kappa shape index (κ1) is 16.4. The lowest BCUT2D eigenvalue weighted by molar-refractivity contribution is 0.216. The number of hydrogen-bond acceptors (Lipinski definition) is 4. The summed E-state index contributed by atoms with van der Waals surface area (Å²) < 4.78 is 0. The van der Waals surface area contributed by atoms with Crippen LogP contribution in [0.1, 0.15) is 12.0 Å². The molecule has 1 saturated heterocycles. The maximum Gasteiger partial charge on any atom is 0.321 e. The van der Waals surface area contributed by atoms with Crippen molar-refractivity contribution < 1.29 is 4.79 Å². The molecule has 0 aliphatic carbocycles. The second-order valence-electron chi connectivity index (χ2n) is 6.33. The van der Waals surface area contributed by atoms with Crippen LogP contribution in [0.2, 0.25) is 0 Å². The predicted octanol–water partition coefficient (Wildman–Crippen LogP) is 2.46. The van der Waals surface area contributed by atoms with Crippen LogP contribution in [0.15, 0.2) is 49.1 Å². The third-order valence-corrected chi connectivity index (χ3v) is 4.23. The van der Waals surface area contributed by atoms with Gasteiger partial charge in [-0.3, -0.25) is 9.97 Å². The van der Waals surface area contributed by atoms with Crippen molar-refractivity contribution in [3.63, 3.8) is 0 Å². The van der Waals surface area contributed by atoms with Crippen LogP contribution in [0.3, 0.4) is 0 Å². The van der Waals surface area contributed by atoms with Gasteiger partial charge in [0.05, 0.1) is 11.9 Å². The lowest BCUT2D eigenvalue weighted by Gasteiger charge is -2.21. The molecule has 6 nitrogen and oxygen atoms in total. The van der Waals surface area contributed by atoms with Gasteiger partial charge in [0.25, 0.3) is 0 Å². The van der Waals surface area contributed by atoms with Crippen LogP contribution < -0.4 is 5.32 Å². The van der Waals surface area contributed by atoms with Crippen molar-refractivity contribution in [2.24, 2.45) is 5.92 Å². The molecule has 3 heterocycles. The number of nitrogens with one attached hydrogen (secondary N) is 1. The minimum Gasteiger partial charge on any atom is -0.324 e. The number of anilines is 1. The van der Waals surface area contributed by atoms with E-state index in [4.69, 9.17) is 0 Å². The summed E-state index contributed by atoms with van der Waals surface area (Å²) in [6.45, 7) is 3.46. The van der Waals surface area contributed by atoms with E-state index in [1.165, 1.54) is 5.56 Å². The highest BCUT2D eigenvalue weighted by Crippen LogP contribution is 2.19. The van der Waals surface area contributed by atoms with E-state index in [0.29, 0.717) is 5.92 Å². The van der Waals surface area contributed by atoms with Crippen LogP contribution in [0.4, 0.5) is 10.5 Å². The Balaban J connectivity index is 1.45. The molecule has 1 atom stereocenters. The molecule has 126 valence electrons. The van der Waals surface area contributed by atoms with Crippen molar-refractivity contribution in [2.45, 2.75) is 13.0 Å². The van der Waals surface area contributed by atoms with Gasteiger partial charge in [0.1, 0.15) is 0 Å². The molecule has 0 aromatic carbocycles. The van der Waals surface area contributed by atoms with Crippen LogP contribution >= 0.6 is 0 Å². The highest BCUT2D eigenvalue weighted by Gasteiger charge is 2.27.